The van der Waals surface area contributed by atoms with E-state index in [9.17, 15) is 9.59 Å². The molecule has 0 fully saturated rings. The van der Waals surface area contributed by atoms with Gasteiger partial charge in [-0.25, -0.2) is 4.79 Å². The first-order valence-electron chi connectivity index (χ1n) is 5.67. The molecule has 1 aromatic carbocycles. The van der Waals surface area contributed by atoms with E-state index in [1.807, 2.05) is 0 Å². The third-order valence-corrected chi connectivity index (χ3v) is 2.11. The monoisotopic (exact) mass is 264 g/mol. The number of phenols is 1. The first kappa shape index (κ1) is 14.6. The molecule has 6 heteroatoms. The van der Waals surface area contributed by atoms with Gasteiger partial charge in [0.05, 0.1) is 6.54 Å². The summed E-state index contributed by atoms with van der Waals surface area (Å²) in [7, 11) is 0. The maximum absolute atomic E-state index is 11.6. The van der Waals surface area contributed by atoms with Gasteiger partial charge in [0.1, 0.15) is 12.4 Å². The summed E-state index contributed by atoms with van der Waals surface area (Å²) in [6, 6.07) is 5.84. The zero-order valence-electron chi connectivity index (χ0n) is 10.6. The summed E-state index contributed by atoms with van der Waals surface area (Å²) in [6.45, 7) is 1.84. The fourth-order valence-corrected chi connectivity index (χ4v) is 1.26. The SMILES string of the molecule is CC(N)=CC(=O)OCCNC(=O)c1ccc(O)cc1. The van der Waals surface area contributed by atoms with Crippen molar-refractivity contribution in [3.63, 3.8) is 0 Å². The van der Waals surface area contributed by atoms with Gasteiger partial charge in [0.15, 0.2) is 0 Å². The molecule has 6 nitrogen and oxygen atoms in total. The summed E-state index contributed by atoms with van der Waals surface area (Å²) in [4.78, 5) is 22.7. The van der Waals surface area contributed by atoms with Crippen LogP contribution in [-0.4, -0.2) is 30.1 Å². The smallest absolute Gasteiger partial charge is 0.332 e. The number of phenolic OH excluding ortho intramolecular Hbond substituents is 1. The Balaban J connectivity index is 2.30. The van der Waals surface area contributed by atoms with Crippen LogP contribution in [-0.2, 0) is 9.53 Å². The molecule has 0 saturated carbocycles. The van der Waals surface area contributed by atoms with Gasteiger partial charge in [-0.15, -0.1) is 0 Å². The molecule has 4 N–H and O–H groups in total. The minimum atomic E-state index is -0.543. The average Bonchev–Trinajstić information content (AvgIpc) is 2.34. The molecule has 1 aromatic rings. The van der Waals surface area contributed by atoms with Gasteiger partial charge in [-0.1, -0.05) is 0 Å². The highest BCUT2D eigenvalue weighted by atomic mass is 16.5. The fraction of sp³-hybridized carbons (Fsp3) is 0.231. The standard InChI is InChI=1S/C13H16N2O4/c1-9(14)8-12(17)19-7-6-15-13(18)10-2-4-11(16)5-3-10/h2-5,8,16H,6-7,14H2,1H3,(H,15,18). The average molecular weight is 264 g/mol. The summed E-state index contributed by atoms with van der Waals surface area (Å²) in [5, 5.41) is 11.7. The molecule has 0 aromatic heterocycles. The lowest BCUT2D eigenvalue weighted by Gasteiger charge is -2.05. The number of hydrogen-bond donors (Lipinski definition) is 3. The van der Waals surface area contributed by atoms with Crippen molar-refractivity contribution in [3.05, 3.63) is 41.6 Å². The van der Waals surface area contributed by atoms with Crippen LogP contribution in [0.1, 0.15) is 17.3 Å². The fourth-order valence-electron chi connectivity index (χ4n) is 1.26. The summed E-state index contributed by atoms with van der Waals surface area (Å²) in [5.41, 5.74) is 6.08. The van der Waals surface area contributed by atoms with Gasteiger partial charge in [-0.05, 0) is 31.2 Å². The molecule has 1 amide bonds. The Labute approximate surface area is 110 Å². The number of benzene rings is 1. The minimum Gasteiger partial charge on any atom is -0.508 e. The van der Waals surface area contributed by atoms with E-state index >= 15 is 0 Å². The van der Waals surface area contributed by atoms with Crippen molar-refractivity contribution in [3.8, 4) is 5.75 Å². The molecule has 0 spiro atoms. The third-order valence-electron chi connectivity index (χ3n) is 2.11. The molecule has 0 aliphatic carbocycles. The van der Waals surface area contributed by atoms with Crippen LogP contribution in [0.2, 0.25) is 0 Å². The molecule has 1 rings (SSSR count). The first-order chi connectivity index (χ1) is 8.99. The number of carbonyl (C=O) groups excluding carboxylic acids is 2. The number of allylic oxidation sites excluding steroid dienone is 1. The minimum absolute atomic E-state index is 0.0619. The number of rotatable bonds is 5. The highest BCUT2D eigenvalue weighted by Crippen LogP contribution is 2.09. The molecular weight excluding hydrogens is 248 g/mol. The van der Waals surface area contributed by atoms with Crippen LogP contribution in [0.5, 0.6) is 5.75 Å². The molecule has 0 aliphatic heterocycles. The molecule has 0 saturated heterocycles. The van der Waals surface area contributed by atoms with Gasteiger partial charge in [0, 0.05) is 17.3 Å². The lowest BCUT2D eigenvalue weighted by atomic mass is 10.2. The second kappa shape index (κ2) is 7.05. The van der Waals surface area contributed by atoms with Crippen molar-refractivity contribution in [2.45, 2.75) is 6.92 Å². The number of nitrogens with two attached hydrogens (primary N) is 1. The lowest BCUT2D eigenvalue weighted by Crippen LogP contribution is -2.27. The van der Waals surface area contributed by atoms with Gasteiger partial charge < -0.3 is 20.9 Å². The molecule has 19 heavy (non-hydrogen) atoms. The maximum Gasteiger partial charge on any atom is 0.332 e. The number of hydrogen-bond acceptors (Lipinski definition) is 5. The Bertz CT molecular complexity index is 476. The predicted molar refractivity (Wildman–Crippen MR) is 69.3 cm³/mol. The van der Waals surface area contributed by atoms with E-state index in [-0.39, 0.29) is 24.8 Å². The molecule has 102 valence electrons. The first-order valence-corrected chi connectivity index (χ1v) is 5.67. The third kappa shape index (κ3) is 5.58. The van der Waals surface area contributed by atoms with Gasteiger partial charge >= 0.3 is 5.97 Å². The number of ether oxygens (including phenoxy) is 1. The number of nitrogens with one attached hydrogen (secondary N) is 1. The van der Waals surface area contributed by atoms with Crippen molar-refractivity contribution in [1.29, 1.82) is 0 Å². The van der Waals surface area contributed by atoms with Gasteiger partial charge in [-0.2, -0.15) is 0 Å². The van der Waals surface area contributed by atoms with E-state index in [4.69, 9.17) is 15.6 Å². The summed E-state index contributed by atoms with van der Waals surface area (Å²) in [6.07, 6.45) is 1.17. The van der Waals surface area contributed by atoms with Crippen molar-refractivity contribution >= 4 is 11.9 Å². The molecule has 0 unspecified atom stereocenters. The molecule has 0 aliphatic rings. The van der Waals surface area contributed by atoms with Gasteiger partial charge in [0.2, 0.25) is 0 Å². The Morgan fingerprint density at radius 2 is 2.00 bits per heavy atom. The topological polar surface area (TPSA) is 102 Å². The Morgan fingerprint density at radius 1 is 1.37 bits per heavy atom. The van der Waals surface area contributed by atoms with E-state index in [0.717, 1.165) is 0 Å². The van der Waals surface area contributed by atoms with E-state index in [2.05, 4.69) is 5.32 Å². The summed E-state index contributed by atoms with van der Waals surface area (Å²) >= 11 is 0. The summed E-state index contributed by atoms with van der Waals surface area (Å²) < 4.78 is 4.81. The highest BCUT2D eigenvalue weighted by Gasteiger charge is 2.05. The molecular formula is C13H16N2O4. The zero-order chi connectivity index (χ0) is 14.3. The summed E-state index contributed by atoms with van der Waals surface area (Å²) in [5.74, 6) is -0.755. The largest absolute Gasteiger partial charge is 0.508 e. The van der Waals surface area contributed by atoms with Crippen LogP contribution in [0.15, 0.2) is 36.0 Å². The molecule has 0 bridgehead atoms. The van der Waals surface area contributed by atoms with E-state index in [1.54, 1.807) is 6.92 Å². The maximum atomic E-state index is 11.6. The van der Waals surface area contributed by atoms with Crippen molar-refractivity contribution in [2.24, 2.45) is 5.73 Å². The number of esters is 1. The number of aromatic hydroxyl groups is 1. The second-order valence-electron chi connectivity index (χ2n) is 3.86. The van der Waals surface area contributed by atoms with E-state index < -0.39 is 5.97 Å². The molecule has 0 radical (unpaired) electrons. The van der Waals surface area contributed by atoms with E-state index in [0.29, 0.717) is 11.3 Å². The normalized spacial score (nSPS) is 10.9. The molecule has 0 heterocycles. The van der Waals surface area contributed by atoms with Crippen LogP contribution in [0, 0.1) is 0 Å². The predicted octanol–water partition coefficient (Wildman–Crippen LogP) is 0.528. The van der Waals surface area contributed by atoms with Crippen LogP contribution < -0.4 is 11.1 Å². The number of carbonyl (C=O) groups is 2. The van der Waals surface area contributed by atoms with Crippen LogP contribution in [0.25, 0.3) is 0 Å². The van der Waals surface area contributed by atoms with Crippen molar-refractivity contribution < 1.29 is 19.4 Å². The van der Waals surface area contributed by atoms with Gasteiger partial charge in [-0.3, -0.25) is 4.79 Å². The van der Waals surface area contributed by atoms with Crippen molar-refractivity contribution in [1.82, 2.24) is 5.32 Å². The highest BCUT2D eigenvalue weighted by molar-refractivity contribution is 5.94. The number of amides is 1. The Hall–Kier alpha value is -2.50. The van der Waals surface area contributed by atoms with Crippen LogP contribution in [0.3, 0.4) is 0 Å². The van der Waals surface area contributed by atoms with Crippen LogP contribution >= 0.6 is 0 Å². The van der Waals surface area contributed by atoms with Crippen molar-refractivity contribution in [2.75, 3.05) is 13.2 Å². The Morgan fingerprint density at radius 3 is 2.58 bits per heavy atom. The zero-order valence-corrected chi connectivity index (χ0v) is 10.6. The molecule has 0 atom stereocenters. The van der Waals surface area contributed by atoms with Crippen LogP contribution in [0.4, 0.5) is 0 Å². The Kier molecular flexibility index (Phi) is 5.40. The van der Waals surface area contributed by atoms with E-state index in [1.165, 1.54) is 30.3 Å². The lowest BCUT2D eigenvalue weighted by molar-refractivity contribution is -0.137. The van der Waals surface area contributed by atoms with Gasteiger partial charge in [0.25, 0.3) is 5.91 Å². The second-order valence-corrected chi connectivity index (χ2v) is 3.86. The quantitative estimate of drug-likeness (QED) is 0.409.